The van der Waals surface area contributed by atoms with Crippen LogP contribution in [-0.2, 0) is 30.4 Å². The molecule has 2 aromatic carbocycles. The van der Waals surface area contributed by atoms with Gasteiger partial charge in [-0.2, -0.15) is 0 Å². The molecule has 1 aromatic heterocycles. The van der Waals surface area contributed by atoms with Crippen molar-refractivity contribution in [2.45, 2.75) is 76.0 Å². The first kappa shape index (κ1) is 37.4. The van der Waals surface area contributed by atoms with Crippen LogP contribution in [0.2, 0.25) is 0 Å². The minimum atomic E-state index is -1.23. The van der Waals surface area contributed by atoms with Crippen molar-refractivity contribution in [3.8, 4) is 0 Å². The molecule has 1 saturated heterocycles. The summed E-state index contributed by atoms with van der Waals surface area (Å²) in [5.41, 5.74) is 6.79. The first-order valence-electron chi connectivity index (χ1n) is 16.5. The molecule has 0 radical (unpaired) electrons. The minimum absolute atomic E-state index is 0.0631. The van der Waals surface area contributed by atoms with E-state index in [1.807, 2.05) is 24.3 Å². The molecule has 1 fully saturated rings. The molecule has 3 aromatic rings. The van der Waals surface area contributed by atoms with Crippen molar-refractivity contribution in [3.05, 3.63) is 65.2 Å². The number of guanidine groups is 1. The van der Waals surface area contributed by atoms with E-state index in [9.17, 15) is 28.8 Å². The Hall–Kier alpha value is -5.38. The number of thiazole rings is 1. The molecule has 15 nitrogen and oxygen atoms in total. The van der Waals surface area contributed by atoms with Crippen LogP contribution in [0.1, 0.15) is 60.8 Å². The van der Waals surface area contributed by atoms with Crippen molar-refractivity contribution < 1.29 is 28.8 Å². The van der Waals surface area contributed by atoms with E-state index < -0.39 is 59.5 Å². The van der Waals surface area contributed by atoms with Crippen LogP contribution in [0.4, 0.5) is 0 Å². The number of nitrogens with two attached hydrogens (primary N) is 1. The molecular formula is C34H43N9O6S. The Morgan fingerprint density at radius 2 is 1.76 bits per heavy atom. The Balaban J connectivity index is 1.59. The number of hydrogen-bond acceptors (Lipinski definition) is 9. The Morgan fingerprint density at radius 3 is 2.48 bits per heavy atom. The Bertz CT molecular complexity index is 1670. The van der Waals surface area contributed by atoms with Gasteiger partial charge in [0, 0.05) is 26.4 Å². The predicted octanol–water partition coefficient (Wildman–Crippen LogP) is 0.634. The van der Waals surface area contributed by atoms with Gasteiger partial charge in [-0.15, -0.1) is 11.3 Å². The largest absolute Gasteiger partial charge is 0.370 e. The van der Waals surface area contributed by atoms with Gasteiger partial charge < -0.3 is 37.6 Å². The van der Waals surface area contributed by atoms with E-state index in [-0.39, 0.29) is 43.2 Å². The molecule has 0 unspecified atom stereocenters. The van der Waals surface area contributed by atoms with Crippen LogP contribution in [0.5, 0.6) is 0 Å². The van der Waals surface area contributed by atoms with Gasteiger partial charge in [0.25, 0.3) is 0 Å². The number of carbonyl (C=O) groups excluding carboxylic acids is 6. The highest BCUT2D eigenvalue weighted by molar-refractivity contribution is 7.20. The summed E-state index contributed by atoms with van der Waals surface area (Å²) in [6.45, 7) is 1.76. The average Bonchev–Trinajstić information content (AvgIpc) is 3.52. The van der Waals surface area contributed by atoms with Gasteiger partial charge in [-0.25, -0.2) is 4.98 Å². The fourth-order valence-electron chi connectivity index (χ4n) is 5.48. The zero-order valence-electron chi connectivity index (χ0n) is 27.8. The maximum absolute atomic E-state index is 13.9. The highest BCUT2D eigenvalue weighted by atomic mass is 32.1. The number of benzene rings is 2. The SMILES string of the molecule is CC(=O)N[C@H]1CC(=O)NCCCC[C@@H](C(=O)N[C@@H](CCCNC(=N)N)C(=O)c2nc3ccccc3s2)NC(=O)[C@H](Cc2ccccc2)NC1=O. The summed E-state index contributed by atoms with van der Waals surface area (Å²) in [6, 6.07) is 11.8. The second-order valence-corrected chi connectivity index (χ2v) is 13.0. The van der Waals surface area contributed by atoms with E-state index in [1.54, 1.807) is 30.3 Å². The molecule has 0 bridgehead atoms. The van der Waals surface area contributed by atoms with Crippen LogP contribution in [0, 0.1) is 5.41 Å². The van der Waals surface area contributed by atoms with Crippen molar-refractivity contribution in [2.24, 2.45) is 5.73 Å². The van der Waals surface area contributed by atoms with Crippen molar-refractivity contribution in [3.63, 3.8) is 0 Å². The lowest BCUT2D eigenvalue weighted by atomic mass is 10.0. The van der Waals surface area contributed by atoms with E-state index in [1.165, 1.54) is 18.3 Å². The molecule has 0 spiro atoms. The number of hydrogen-bond donors (Lipinski definition) is 8. The number of fused-ring (bicyclic) bond motifs is 1. The van der Waals surface area contributed by atoms with E-state index in [2.05, 4.69) is 36.9 Å². The maximum Gasteiger partial charge on any atom is 0.243 e. The molecule has 2 heterocycles. The molecule has 266 valence electrons. The normalized spacial score (nSPS) is 19.5. The molecule has 1 aliphatic rings. The average molecular weight is 706 g/mol. The molecule has 0 aliphatic carbocycles. The topological polar surface area (TPSA) is 237 Å². The molecule has 0 saturated carbocycles. The van der Waals surface area contributed by atoms with Crippen LogP contribution < -0.4 is 37.6 Å². The molecule has 1 aliphatic heterocycles. The van der Waals surface area contributed by atoms with E-state index in [0.717, 1.165) is 10.3 Å². The van der Waals surface area contributed by atoms with E-state index in [0.29, 0.717) is 31.3 Å². The Kier molecular flexibility index (Phi) is 13.8. The molecule has 9 N–H and O–H groups in total. The zero-order valence-corrected chi connectivity index (χ0v) is 28.6. The molecule has 4 rings (SSSR count). The van der Waals surface area contributed by atoms with Crippen molar-refractivity contribution in [1.82, 2.24) is 36.9 Å². The number of Topliss-reactive ketones (excluding diaryl/α,β-unsaturated/α-hetero) is 1. The number of nitrogens with zero attached hydrogens (tertiary/aromatic N) is 1. The smallest absolute Gasteiger partial charge is 0.243 e. The van der Waals surface area contributed by atoms with Crippen LogP contribution >= 0.6 is 11.3 Å². The van der Waals surface area contributed by atoms with Gasteiger partial charge >= 0.3 is 0 Å². The summed E-state index contributed by atoms with van der Waals surface area (Å²) in [7, 11) is 0. The minimum Gasteiger partial charge on any atom is -0.370 e. The van der Waals surface area contributed by atoms with Gasteiger partial charge in [-0.3, -0.25) is 34.2 Å². The maximum atomic E-state index is 13.9. The lowest BCUT2D eigenvalue weighted by Crippen LogP contribution is -2.58. The van der Waals surface area contributed by atoms with Gasteiger partial charge in [-0.1, -0.05) is 42.5 Å². The predicted molar refractivity (Wildman–Crippen MR) is 188 cm³/mol. The van der Waals surface area contributed by atoms with E-state index >= 15 is 0 Å². The van der Waals surface area contributed by atoms with Gasteiger partial charge in [0.2, 0.25) is 35.3 Å². The van der Waals surface area contributed by atoms with Gasteiger partial charge in [-0.05, 0) is 49.8 Å². The number of nitrogens with one attached hydrogen (secondary N) is 7. The number of ketones is 1. The summed E-state index contributed by atoms with van der Waals surface area (Å²) < 4.78 is 0.816. The highest BCUT2D eigenvalue weighted by Gasteiger charge is 2.33. The third-order valence-electron chi connectivity index (χ3n) is 8.00. The third-order valence-corrected chi connectivity index (χ3v) is 9.05. The monoisotopic (exact) mass is 705 g/mol. The van der Waals surface area contributed by atoms with Crippen LogP contribution in [-0.4, -0.2) is 83.5 Å². The molecular weight excluding hydrogens is 662 g/mol. The van der Waals surface area contributed by atoms with Crippen molar-refractivity contribution in [1.29, 1.82) is 5.41 Å². The van der Waals surface area contributed by atoms with E-state index in [4.69, 9.17) is 11.1 Å². The molecule has 50 heavy (non-hydrogen) atoms. The summed E-state index contributed by atoms with van der Waals surface area (Å²) >= 11 is 1.21. The van der Waals surface area contributed by atoms with Crippen molar-refractivity contribution >= 4 is 62.8 Å². The first-order chi connectivity index (χ1) is 24.0. The summed E-state index contributed by atoms with van der Waals surface area (Å²) in [4.78, 5) is 84.0. The summed E-state index contributed by atoms with van der Waals surface area (Å²) in [6.07, 6.45) is 1.41. The van der Waals surface area contributed by atoms with Crippen LogP contribution in [0.25, 0.3) is 10.2 Å². The zero-order chi connectivity index (χ0) is 36.0. The number of carbonyl (C=O) groups is 6. The standard InChI is InChI=1S/C34H43N9O6S/c1-20(44)39-26-19-28(45)37-16-8-7-13-24(41-31(48)25(42-32(26)49)18-21-10-3-2-4-11-21)30(47)40-23(14-9-17-38-34(35)36)29(46)33-43-22-12-5-6-15-27(22)50-33/h2-6,10-12,15,23-26H,7-9,13-14,16-19H2,1H3,(H,37,45)(H,39,44)(H,40,47)(H,41,48)(H,42,49)(H4,35,36,38)/t23-,24-,25-,26-/m0/s1. The highest BCUT2D eigenvalue weighted by Crippen LogP contribution is 2.23. The molecule has 5 amide bonds. The van der Waals surface area contributed by atoms with Crippen molar-refractivity contribution in [2.75, 3.05) is 13.1 Å². The summed E-state index contributed by atoms with van der Waals surface area (Å²) in [5, 5.41) is 23.8. The van der Waals surface area contributed by atoms with Gasteiger partial charge in [0.05, 0.1) is 22.7 Å². The van der Waals surface area contributed by atoms with Gasteiger partial charge in [0.1, 0.15) is 18.1 Å². The number of rotatable bonds is 11. The third kappa shape index (κ3) is 11.4. The Labute approximate surface area is 293 Å². The first-order valence-corrected chi connectivity index (χ1v) is 17.3. The number of aromatic nitrogens is 1. The van der Waals surface area contributed by atoms with Crippen LogP contribution in [0.15, 0.2) is 54.6 Å². The lowest BCUT2D eigenvalue weighted by molar-refractivity contribution is -0.135. The number of amides is 5. The second-order valence-electron chi connectivity index (χ2n) is 12.0. The quantitative estimate of drug-likeness (QED) is 0.0604. The number of para-hydroxylation sites is 1. The molecule has 4 atom stereocenters. The summed E-state index contributed by atoms with van der Waals surface area (Å²) in [5.74, 6) is -3.57. The lowest BCUT2D eigenvalue weighted by Gasteiger charge is -2.27. The second kappa shape index (κ2) is 18.4. The fourth-order valence-corrected chi connectivity index (χ4v) is 6.44. The van der Waals surface area contributed by atoms with Crippen LogP contribution in [0.3, 0.4) is 0 Å². The fraction of sp³-hybridized carbons (Fsp3) is 0.412. The Morgan fingerprint density at radius 1 is 1.02 bits per heavy atom. The molecule has 16 heteroatoms. The van der Waals surface area contributed by atoms with Gasteiger partial charge in [0.15, 0.2) is 11.0 Å².